The maximum atomic E-state index is 8.83. The Balaban J connectivity index is 2.31. The van der Waals surface area contributed by atoms with Crippen LogP contribution < -0.4 is 10.1 Å². The normalized spacial score (nSPS) is 9.79. The van der Waals surface area contributed by atoms with Crippen LogP contribution in [0.2, 0.25) is 0 Å². The number of hydrogen-bond donors (Lipinski definition) is 1. The molecule has 0 aliphatic rings. The van der Waals surface area contributed by atoms with Crippen LogP contribution in [0.25, 0.3) is 0 Å². The van der Waals surface area contributed by atoms with Crippen LogP contribution in [0.3, 0.4) is 0 Å². The van der Waals surface area contributed by atoms with Crippen LogP contribution in [0, 0.1) is 11.3 Å². The van der Waals surface area contributed by atoms with Crippen LogP contribution in [-0.2, 0) is 0 Å². The summed E-state index contributed by atoms with van der Waals surface area (Å²) >= 11 is 6.88. The van der Waals surface area contributed by atoms with Crippen molar-refractivity contribution in [2.24, 2.45) is 0 Å². The first-order chi connectivity index (χ1) is 9.12. The van der Waals surface area contributed by atoms with Gasteiger partial charge >= 0.3 is 0 Å². The zero-order valence-electron chi connectivity index (χ0n) is 10.1. The zero-order valence-corrected chi connectivity index (χ0v) is 13.2. The Morgan fingerprint density at radius 1 is 1.16 bits per heavy atom. The van der Waals surface area contributed by atoms with Crippen LogP contribution in [-0.4, -0.2) is 7.11 Å². The molecule has 2 aromatic rings. The van der Waals surface area contributed by atoms with E-state index in [4.69, 9.17) is 10.00 Å². The summed E-state index contributed by atoms with van der Waals surface area (Å²) in [4.78, 5) is 0. The maximum absolute atomic E-state index is 8.83. The molecule has 0 radical (unpaired) electrons. The van der Waals surface area contributed by atoms with Crippen molar-refractivity contribution in [2.75, 3.05) is 12.4 Å². The van der Waals surface area contributed by atoms with Crippen molar-refractivity contribution in [3.63, 3.8) is 0 Å². The molecular weight excluding hydrogens is 372 g/mol. The Labute approximate surface area is 128 Å². The van der Waals surface area contributed by atoms with E-state index < -0.39 is 0 Å². The van der Waals surface area contributed by atoms with Crippen molar-refractivity contribution in [3.05, 3.63) is 50.9 Å². The molecule has 0 aliphatic carbocycles. The van der Waals surface area contributed by atoms with Gasteiger partial charge in [-0.05, 0) is 46.3 Å². The summed E-state index contributed by atoms with van der Waals surface area (Å²) in [5.41, 5.74) is 2.40. The number of nitrogens with zero attached hydrogens (tertiary/aromatic N) is 1. The largest absolute Gasteiger partial charge is 0.497 e. The van der Waals surface area contributed by atoms with Gasteiger partial charge < -0.3 is 10.1 Å². The molecule has 0 saturated heterocycles. The lowest BCUT2D eigenvalue weighted by Crippen LogP contribution is -1.93. The number of benzene rings is 2. The fourth-order valence-corrected chi connectivity index (χ4v) is 2.54. The molecule has 3 nitrogen and oxygen atoms in total. The lowest BCUT2D eigenvalue weighted by atomic mass is 10.2. The molecule has 0 fully saturated rings. The van der Waals surface area contributed by atoms with Crippen molar-refractivity contribution in [2.45, 2.75) is 0 Å². The molecule has 0 saturated carbocycles. The Bertz CT molecular complexity index is 650. The van der Waals surface area contributed by atoms with E-state index in [0.29, 0.717) is 5.56 Å². The molecule has 0 aromatic heterocycles. The molecule has 96 valence electrons. The topological polar surface area (TPSA) is 45.0 Å². The third kappa shape index (κ3) is 3.49. The van der Waals surface area contributed by atoms with Crippen LogP contribution in [0.5, 0.6) is 5.75 Å². The third-order valence-electron chi connectivity index (χ3n) is 2.48. The summed E-state index contributed by atoms with van der Waals surface area (Å²) in [5, 5.41) is 12.1. The van der Waals surface area contributed by atoms with Crippen molar-refractivity contribution >= 4 is 43.2 Å². The van der Waals surface area contributed by atoms with E-state index >= 15 is 0 Å². The van der Waals surface area contributed by atoms with Crippen molar-refractivity contribution in [1.82, 2.24) is 0 Å². The lowest BCUT2D eigenvalue weighted by molar-refractivity contribution is 0.415. The van der Waals surface area contributed by atoms with Crippen molar-refractivity contribution in [1.29, 1.82) is 5.26 Å². The third-order valence-corrected chi connectivity index (χ3v) is 3.60. The first kappa shape index (κ1) is 13.9. The molecular formula is C14H10Br2N2O. The summed E-state index contributed by atoms with van der Waals surface area (Å²) < 4.78 is 6.98. The smallest absolute Gasteiger partial charge is 0.122 e. The van der Waals surface area contributed by atoms with E-state index in [1.165, 1.54) is 0 Å². The molecule has 2 rings (SSSR count). The molecule has 5 heteroatoms. The number of ether oxygens (including phenoxy) is 1. The summed E-state index contributed by atoms with van der Waals surface area (Å²) in [7, 11) is 1.63. The highest BCUT2D eigenvalue weighted by Gasteiger charge is 2.04. The quantitative estimate of drug-likeness (QED) is 0.827. The Morgan fingerprint density at radius 2 is 1.95 bits per heavy atom. The van der Waals surface area contributed by atoms with Crippen LogP contribution in [0.4, 0.5) is 11.4 Å². The molecule has 0 aliphatic heterocycles. The van der Waals surface area contributed by atoms with E-state index in [2.05, 4.69) is 43.2 Å². The average molecular weight is 382 g/mol. The summed E-state index contributed by atoms with van der Waals surface area (Å²) in [6.45, 7) is 0. The van der Waals surface area contributed by atoms with Crippen LogP contribution in [0.1, 0.15) is 5.56 Å². The standard InChI is InChI=1S/C14H10Br2N2O/c1-19-12-6-10(15)5-11(7-12)18-14-3-2-9(8-17)4-13(14)16/h2-7,18H,1H3. The number of halogens is 2. The highest BCUT2D eigenvalue weighted by Crippen LogP contribution is 2.30. The fourth-order valence-electron chi connectivity index (χ4n) is 1.59. The van der Waals surface area contributed by atoms with Crippen LogP contribution in [0.15, 0.2) is 45.3 Å². The molecule has 19 heavy (non-hydrogen) atoms. The second kappa shape index (κ2) is 6.09. The first-order valence-corrected chi connectivity index (χ1v) is 7.02. The Kier molecular flexibility index (Phi) is 4.46. The van der Waals surface area contributed by atoms with Gasteiger partial charge in [-0.2, -0.15) is 5.26 Å². The van der Waals surface area contributed by atoms with Gasteiger partial charge in [0.05, 0.1) is 24.4 Å². The van der Waals surface area contributed by atoms with Crippen molar-refractivity contribution in [3.8, 4) is 11.8 Å². The number of nitrogens with one attached hydrogen (secondary N) is 1. The maximum Gasteiger partial charge on any atom is 0.122 e. The molecule has 0 atom stereocenters. The van der Waals surface area contributed by atoms with Gasteiger partial charge in [0.1, 0.15) is 5.75 Å². The highest BCUT2D eigenvalue weighted by atomic mass is 79.9. The number of nitriles is 1. The molecule has 0 bridgehead atoms. The predicted octanol–water partition coefficient (Wildman–Crippen LogP) is 4.84. The second-order valence-electron chi connectivity index (χ2n) is 3.81. The average Bonchev–Trinajstić information content (AvgIpc) is 2.40. The van der Waals surface area contributed by atoms with Gasteiger partial charge in [0.2, 0.25) is 0 Å². The predicted molar refractivity (Wildman–Crippen MR) is 82.8 cm³/mol. The Hall–Kier alpha value is -1.51. The summed E-state index contributed by atoms with van der Waals surface area (Å²) in [6, 6.07) is 13.2. The zero-order chi connectivity index (χ0) is 13.8. The number of rotatable bonds is 3. The van der Waals surface area contributed by atoms with Gasteiger partial charge in [0, 0.05) is 20.7 Å². The molecule has 1 N–H and O–H groups in total. The lowest BCUT2D eigenvalue weighted by Gasteiger charge is -2.11. The molecule has 0 spiro atoms. The van der Waals surface area contributed by atoms with Crippen LogP contribution >= 0.6 is 31.9 Å². The minimum absolute atomic E-state index is 0.615. The van der Waals surface area contributed by atoms with Gasteiger partial charge in [0.25, 0.3) is 0 Å². The van der Waals surface area contributed by atoms with Gasteiger partial charge in [0.15, 0.2) is 0 Å². The number of hydrogen-bond acceptors (Lipinski definition) is 3. The molecule has 0 heterocycles. The molecule has 0 amide bonds. The minimum atomic E-state index is 0.615. The van der Waals surface area contributed by atoms with E-state index in [-0.39, 0.29) is 0 Å². The fraction of sp³-hybridized carbons (Fsp3) is 0.0714. The summed E-state index contributed by atoms with van der Waals surface area (Å²) in [6.07, 6.45) is 0. The van der Waals surface area contributed by atoms with E-state index in [1.54, 1.807) is 19.2 Å². The van der Waals surface area contributed by atoms with Crippen molar-refractivity contribution < 1.29 is 4.74 Å². The van der Waals surface area contributed by atoms with Gasteiger partial charge in [-0.25, -0.2) is 0 Å². The minimum Gasteiger partial charge on any atom is -0.497 e. The number of methoxy groups -OCH3 is 1. The second-order valence-corrected chi connectivity index (χ2v) is 5.58. The summed E-state index contributed by atoms with van der Waals surface area (Å²) in [5.74, 6) is 0.765. The Morgan fingerprint density at radius 3 is 2.58 bits per heavy atom. The highest BCUT2D eigenvalue weighted by molar-refractivity contribution is 9.10. The molecule has 2 aromatic carbocycles. The molecule has 0 unspecified atom stereocenters. The van der Waals surface area contributed by atoms with E-state index in [9.17, 15) is 0 Å². The van der Waals surface area contributed by atoms with Gasteiger partial charge in [-0.3, -0.25) is 0 Å². The van der Waals surface area contributed by atoms with Gasteiger partial charge in [-0.1, -0.05) is 15.9 Å². The van der Waals surface area contributed by atoms with E-state index in [0.717, 1.165) is 26.1 Å². The first-order valence-electron chi connectivity index (χ1n) is 5.43. The SMILES string of the molecule is COc1cc(Br)cc(Nc2ccc(C#N)cc2Br)c1. The monoisotopic (exact) mass is 380 g/mol. The van der Waals surface area contributed by atoms with Gasteiger partial charge in [-0.15, -0.1) is 0 Å². The number of anilines is 2. The van der Waals surface area contributed by atoms with E-state index in [1.807, 2.05) is 24.3 Å².